The zero-order valence-electron chi connectivity index (χ0n) is 18.8. The summed E-state index contributed by atoms with van der Waals surface area (Å²) in [5.74, 6) is 1.74. The third-order valence-electron chi connectivity index (χ3n) is 5.13. The van der Waals surface area contributed by atoms with E-state index in [1.165, 1.54) is 23.1 Å². The number of benzene rings is 2. The number of para-hydroxylation sites is 1. The Morgan fingerprint density at radius 1 is 1.23 bits per heavy atom. The molecule has 1 amide bonds. The van der Waals surface area contributed by atoms with Crippen LogP contribution >= 0.6 is 23.1 Å². The molecule has 0 radical (unpaired) electrons. The molecular weight excluding hydrogens is 482 g/mol. The minimum absolute atomic E-state index is 0.156. The summed E-state index contributed by atoms with van der Waals surface area (Å²) in [4.78, 5) is 17.1. The number of thioether (sulfide) groups is 1. The van der Waals surface area contributed by atoms with Crippen LogP contribution in [0.3, 0.4) is 0 Å². The SMILES string of the molecule is C=CCn1c(SCC(=O)Nc2nc(-c3ccccc3)cs2)nnc1-c1cc2cccc(OC)c2o1. The molecule has 0 atom stereocenters. The van der Waals surface area contributed by atoms with E-state index < -0.39 is 0 Å². The van der Waals surface area contributed by atoms with Crippen molar-refractivity contribution in [3.05, 3.63) is 72.6 Å². The fraction of sp³-hybridized carbons (Fsp3) is 0.120. The molecule has 0 saturated heterocycles. The van der Waals surface area contributed by atoms with Crippen molar-refractivity contribution in [3.63, 3.8) is 0 Å². The number of nitrogens with one attached hydrogen (secondary N) is 1. The fourth-order valence-corrected chi connectivity index (χ4v) is 5.02. The molecule has 3 heterocycles. The quantitative estimate of drug-likeness (QED) is 0.202. The first kappa shape index (κ1) is 22.9. The first-order valence-corrected chi connectivity index (χ1v) is 12.6. The molecule has 0 aliphatic carbocycles. The summed E-state index contributed by atoms with van der Waals surface area (Å²) in [5, 5.41) is 15.4. The van der Waals surface area contributed by atoms with Gasteiger partial charge in [0.2, 0.25) is 11.7 Å². The number of allylic oxidation sites excluding steroid dienone is 1. The molecule has 0 bridgehead atoms. The highest BCUT2D eigenvalue weighted by atomic mass is 32.2. The summed E-state index contributed by atoms with van der Waals surface area (Å²) >= 11 is 2.68. The Morgan fingerprint density at radius 3 is 2.89 bits per heavy atom. The number of nitrogens with zero attached hydrogens (tertiary/aromatic N) is 4. The van der Waals surface area contributed by atoms with Crippen molar-refractivity contribution in [2.24, 2.45) is 0 Å². The largest absolute Gasteiger partial charge is 0.493 e. The summed E-state index contributed by atoms with van der Waals surface area (Å²) in [6.45, 7) is 4.30. The van der Waals surface area contributed by atoms with Crippen molar-refractivity contribution in [1.82, 2.24) is 19.7 Å². The molecule has 5 aromatic rings. The maximum absolute atomic E-state index is 12.6. The van der Waals surface area contributed by atoms with Crippen LogP contribution in [0, 0.1) is 0 Å². The van der Waals surface area contributed by atoms with Gasteiger partial charge in [0, 0.05) is 22.9 Å². The van der Waals surface area contributed by atoms with Crippen LogP contribution in [0.1, 0.15) is 0 Å². The van der Waals surface area contributed by atoms with Gasteiger partial charge in [0.05, 0.1) is 18.6 Å². The van der Waals surface area contributed by atoms with E-state index in [2.05, 4.69) is 27.1 Å². The average Bonchev–Trinajstić information content (AvgIpc) is 3.61. The monoisotopic (exact) mass is 503 g/mol. The Hall–Kier alpha value is -3.89. The number of furan rings is 1. The first-order valence-electron chi connectivity index (χ1n) is 10.7. The van der Waals surface area contributed by atoms with Gasteiger partial charge in [-0.25, -0.2) is 4.98 Å². The van der Waals surface area contributed by atoms with Crippen LogP contribution in [0.2, 0.25) is 0 Å². The van der Waals surface area contributed by atoms with Crippen LogP contribution < -0.4 is 10.1 Å². The standard InChI is InChI=1S/C25H21N5O3S2/c1-3-12-30-23(20-13-17-10-7-11-19(32-2)22(17)33-20)28-29-25(30)35-15-21(31)27-24-26-18(14-34-24)16-8-5-4-6-9-16/h3-11,13-14H,1,12,15H2,2H3,(H,26,27,31). The summed E-state index contributed by atoms with van der Waals surface area (Å²) in [5.41, 5.74) is 2.48. The molecule has 35 heavy (non-hydrogen) atoms. The van der Waals surface area contributed by atoms with Crippen molar-refractivity contribution in [2.75, 3.05) is 18.2 Å². The average molecular weight is 504 g/mol. The number of ether oxygens (including phenoxy) is 1. The Bertz CT molecular complexity index is 1490. The van der Waals surface area contributed by atoms with Gasteiger partial charge in [-0.2, -0.15) is 0 Å². The molecule has 176 valence electrons. The van der Waals surface area contributed by atoms with Gasteiger partial charge < -0.3 is 14.5 Å². The van der Waals surface area contributed by atoms with Crippen LogP contribution in [-0.2, 0) is 11.3 Å². The summed E-state index contributed by atoms with van der Waals surface area (Å²) in [6.07, 6.45) is 1.75. The van der Waals surface area contributed by atoms with E-state index in [9.17, 15) is 4.79 Å². The molecule has 10 heteroatoms. The number of methoxy groups -OCH3 is 1. The van der Waals surface area contributed by atoms with E-state index in [0.29, 0.717) is 39.7 Å². The number of hydrogen-bond donors (Lipinski definition) is 1. The summed E-state index contributed by atoms with van der Waals surface area (Å²) in [7, 11) is 1.60. The molecule has 3 aromatic heterocycles. The molecule has 0 saturated carbocycles. The number of amides is 1. The van der Waals surface area contributed by atoms with Gasteiger partial charge in [-0.3, -0.25) is 9.36 Å². The molecule has 5 rings (SSSR count). The summed E-state index contributed by atoms with van der Waals surface area (Å²) in [6, 6.07) is 17.4. The molecule has 0 spiro atoms. The molecule has 1 N–H and O–H groups in total. The van der Waals surface area contributed by atoms with Crippen molar-refractivity contribution in [2.45, 2.75) is 11.7 Å². The van der Waals surface area contributed by atoms with E-state index in [-0.39, 0.29) is 11.7 Å². The number of carbonyl (C=O) groups is 1. The van der Waals surface area contributed by atoms with Gasteiger partial charge in [0.15, 0.2) is 27.4 Å². The van der Waals surface area contributed by atoms with Crippen LogP contribution in [0.15, 0.2) is 82.2 Å². The normalized spacial score (nSPS) is 11.0. The second-order valence-corrected chi connectivity index (χ2v) is 9.24. The predicted octanol–water partition coefficient (Wildman–Crippen LogP) is 5.74. The maximum Gasteiger partial charge on any atom is 0.236 e. The van der Waals surface area contributed by atoms with E-state index in [4.69, 9.17) is 9.15 Å². The minimum atomic E-state index is -0.174. The maximum atomic E-state index is 12.6. The second kappa shape index (κ2) is 10.2. The van der Waals surface area contributed by atoms with Gasteiger partial charge >= 0.3 is 0 Å². The Balaban J connectivity index is 1.30. The third-order valence-corrected chi connectivity index (χ3v) is 6.85. The third kappa shape index (κ3) is 4.84. The lowest BCUT2D eigenvalue weighted by Crippen LogP contribution is -2.14. The van der Waals surface area contributed by atoms with Crippen molar-refractivity contribution >= 4 is 45.1 Å². The number of carbonyl (C=O) groups excluding carboxylic acids is 1. The molecule has 0 aliphatic heterocycles. The van der Waals surface area contributed by atoms with Crippen molar-refractivity contribution in [1.29, 1.82) is 0 Å². The topological polar surface area (TPSA) is 95.1 Å². The van der Waals surface area contributed by atoms with E-state index >= 15 is 0 Å². The van der Waals surface area contributed by atoms with Crippen LogP contribution in [-0.4, -0.2) is 38.5 Å². The van der Waals surface area contributed by atoms with Gasteiger partial charge in [-0.15, -0.1) is 28.1 Å². The zero-order chi connectivity index (χ0) is 24.2. The molecule has 0 aliphatic rings. The van der Waals surface area contributed by atoms with Crippen LogP contribution in [0.5, 0.6) is 5.75 Å². The lowest BCUT2D eigenvalue weighted by atomic mass is 10.2. The molecule has 0 fully saturated rings. The Kier molecular flexibility index (Phi) is 6.64. The number of anilines is 1. The highest BCUT2D eigenvalue weighted by Gasteiger charge is 2.19. The molecule has 8 nitrogen and oxygen atoms in total. The molecule has 2 aromatic carbocycles. The lowest BCUT2D eigenvalue weighted by molar-refractivity contribution is -0.113. The van der Waals surface area contributed by atoms with Crippen molar-refractivity contribution in [3.8, 4) is 28.6 Å². The lowest BCUT2D eigenvalue weighted by Gasteiger charge is -2.06. The Labute approximate surface area is 209 Å². The predicted molar refractivity (Wildman–Crippen MR) is 139 cm³/mol. The zero-order valence-corrected chi connectivity index (χ0v) is 20.4. The molecule has 0 unspecified atom stereocenters. The smallest absolute Gasteiger partial charge is 0.236 e. The van der Waals surface area contributed by atoms with Crippen LogP contribution in [0.4, 0.5) is 5.13 Å². The van der Waals surface area contributed by atoms with Gasteiger partial charge in [-0.05, 0) is 12.1 Å². The van der Waals surface area contributed by atoms with Crippen molar-refractivity contribution < 1.29 is 13.9 Å². The van der Waals surface area contributed by atoms with E-state index in [1.807, 2.05) is 64.5 Å². The number of hydrogen-bond acceptors (Lipinski definition) is 8. The van der Waals surface area contributed by atoms with E-state index in [1.54, 1.807) is 13.2 Å². The minimum Gasteiger partial charge on any atom is -0.493 e. The second-order valence-electron chi connectivity index (χ2n) is 7.44. The fourth-order valence-electron chi connectivity index (χ4n) is 3.54. The van der Waals surface area contributed by atoms with Gasteiger partial charge in [0.1, 0.15) is 0 Å². The summed E-state index contributed by atoms with van der Waals surface area (Å²) < 4.78 is 13.3. The molecular formula is C25H21N5O3S2. The van der Waals surface area contributed by atoms with Gasteiger partial charge in [0.25, 0.3) is 0 Å². The van der Waals surface area contributed by atoms with E-state index in [0.717, 1.165) is 16.6 Å². The Morgan fingerprint density at radius 2 is 2.09 bits per heavy atom. The highest BCUT2D eigenvalue weighted by Crippen LogP contribution is 2.34. The number of rotatable bonds is 9. The number of thiazole rings is 1. The highest BCUT2D eigenvalue weighted by molar-refractivity contribution is 7.99. The first-order chi connectivity index (χ1) is 17.2. The van der Waals surface area contributed by atoms with Gasteiger partial charge in [-0.1, -0.05) is 60.3 Å². The number of fused-ring (bicyclic) bond motifs is 1. The number of aromatic nitrogens is 4. The van der Waals surface area contributed by atoms with Crippen LogP contribution in [0.25, 0.3) is 33.8 Å².